The SMILES string of the molecule is CCCc1cccc(C(=S)[S][AlH])n1. The van der Waals surface area contributed by atoms with E-state index in [0.717, 1.165) is 28.4 Å². The Morgan fingerprint density at radius 3 is 3.00 bits per heavy atom. The molecular weight excluding hydrogens is 213 g/mol. The van der Waals surface area contributed by atoms with Crippen LogP contribution in [0.5, 0.6) is 0 Å². The van der Waals surface area contributed by atoms with Gasteiger partial charge in [-0.05, 0) is 18.6 Å². The van der Waals surface area contributed by atoms with Gasteiger partial charge in [0.2, 0.25) is 0 Å². The smallest absolute Gasteiger partial charge is 0.251 e. The molecular formula is C9H11AlNS2. The van der Waals surface area contributed by atoms with Gasteiger partial charge in [0.25, 0.3) is 15.2 Å². The molecule has 0 bridgehead atoms. The maximum atomic E-state index is 5.17. The van der Waals surface area contributed by atoms with Gasteiger partial charge < -0.3 is 0 Å². The molecule has 0 aliphatic rings. The number of aromatic nitrogens is 1. The van der Waals surface area contributed by atoms with E-state index in [9.17, 15) is 0 Å². The molecule has 1 radical (unpaired) electrons. The number of hydrogen-bond donors (Lipinski definition) is 0. The maximum Gasteiger partial charge on any atom is 0.283 e. The average Bonchev–Trinajstić information content (AvgIpc) is 2.18. The highest BCUT2D eigenvalue weighted by Gasteiger charge is 2.00. The molecule has 1 rings (SSSR count). The molecule has 0 aromatic carbocycles. The molecule has 67 valence electrons. The number of nitrogens with zero attached hydrogens (tertiary/aromatic N) is 1. The molecule has 0 saturated heterocycles. The van der Waals surface area contributed by atoms with E-state index in [0.29, 0.717) is 0 Å². The fraction of sp³-hybridized carbons (Fsp3) is 0.333. The Hall–Kier alpha value is 0.122. The van der Waals surface area contributed by atoms with Gasteiger partial charge in [0.05, 0.1) is 9.89 Å². The lowest BCUT2D eigenvalue weighted by Gasteiger charge is -2.02. The van der Waals surface area contributed by atoms with Gasteiger partial charge in [-0.1, -0.05) is 31.6 Å². The van der Waals surface area contributed by atoms with Crippen LogP contribution in [0.25, 0.3) is 0 Å². The van der Waals surface area contributed by atoms with Gasteiger partial charge >= 0.3 is 0 Å². The molecule has 4 heteroatoms. The zero-order chi connectivity index (χ0) is 9.68. The van der Waals surface area contributed by atoms with Gasteiger partial charge in [-0.3, -0.25) is 4.98 Å². The number of hydrogen-bond acceptors (Lipinski definition) is 3. The molecule has 1 aromatic heterocycles. The molecule has 0 amide bonds. The second kappa shape index (κ2) is 5.77. The Balaban J connectivity index is 2.85. The predicted octanol–water partition coefficient (Wildman–Crippen LogP) is 2.26. The summed E-state index contributed by atoms with van der Waals surface area (Å²) in [6.45, 7) is 2.16. The largest absolute Gasteiger partial charge is 0.283 e. The standard InChI is InChI=1S/C9H11NS2.Al.H/c1-2-4-7-5-3-6-8(10-7)9(11)12;;/h3,5-6H,2,4H2,1H3,(H,11,12);;/q;+1;/p-1. The van der Waals surface area contributed by atoms with Gasteiger partial charge in [-0.15, -0.1) is 0 Å². The summed E-state index contributed by atoms with van der Waals surface area (Å²) in [5, 5.41) is 0. The Kier molecular flexibility index (Phi) is 4.97. The minimum atomic E-state index is 0.885. The van der Waals surface area contributed by atoms with E-state index in [2.05, 4.69) is 18.0 Å². The highest BCUT2D eigenvalue weighted by Crippen LogP contribution is 2.09. The van der Waals surface area contributed by atoms with Gasteiger partial charge in [-0.25, -0.2) is 10.1 Å². The third kappa shape index (κ3) is 3.40. The van der Waals surface area contributed by atoms with Crippen molar-refractivity contribution in [1.29, 1.82) is 0 Å². The second-order valence-electron chi connectivity index (χ2n) is 2.70. The molecule has 1 aromatic rings. The fourth-order valence-electron chi connectivity index (χ4n) is 1.06. The van der Waals surface area contributed by atoms with E-state index in [-0.39, 0.29) is 0 Å². The molecule has 1 heterocycles. The third-order valence-corrected chi connectivity index (χ3v) is 4.18. The molecule has 0 unspecified atom stereocenters. The minimum Gasteiger partial charge on any atom is -0.251 e. The van der Waals surface area contributed by atoms with Crippen molar-refractivity contribution < 1.29 is 0 Å². The zero-order valence-corrected chi connectivity index (χ0v) is 10.7. The quantitative estimate of drug-likeness (QED) is 0.577. The summed E-state index contributed by atoms with van der Waals surface area (Å²) in [5.41, 5.74) is 2.08. The van der Waals surface area contributed by atoms with Gasteiger partial charge in [0, 0.05) is 5.69 Å². The molecule has 0 aliphatic carbocycles. The predicted molar refractivity (Wildman–Crippen MR) is 64.7 cm³/mol. The molecule has 0 saturated carbocycles. The van der Waals surface area contributed by atoms with E-state index in [1.165, 1.54) is 0 Å². The lowest BCUT2D eigenvalue weighted by Crippen LogP contribution is -1.98. The summed E-state index contributed by atoms with van der Waals surface area (Å²) in [4.78, 5) is 4.48. The van der Waals surface area contributed by atoms with Crippen LogP contribution in [0.3, 0.4) is 0 Å². The Labute approximate surface area is 95.8 Å². The first-order chi connectivity index (χ1) is 6.27. The number of pyridine rings is 1. The number of aryl methyl sites for hydroxylation is 1. The van der Waals surface area contributed by atoms with Crippen LogP contribution in [-0.2, 0) is 6.42 Å². The van der Waals surface area contributed by atoms with Crippen LogP contribution in [0.1, 0.15) is 24.7 Å². The van der Waals surface area contributed by atoms with Crippen molar-refractivity contribution >= 4 is 41.7 Å². The Morgan fingerprint density at radius 1 is 1.62 bits per heavy atom. The van der Waals surface area contributed by atoms with E-state index in [1.54, 1.807) is 25.3 Å². The third-order valence-electron chi connectivity index (χ3n) is 1.65. The van der Waals surface area contributed by atoms with Crippen LogP contribution >= 0.6 is 22.3 Å². The Morgan fingerprint density at radius 2 is 2.38 bits per heavy atom. The topological polar surface area (TPSA) is 12.9 Å². The zero-order valence-electron chi connectivity index (χ0n) is 7.62. The van der Waals surface area contributed by atoms with Crippen LogP contribution in [0.4, 0.5) is 0 Å². The Bertz CT molecular complexity index is 301. The molecule has 0 atom stereocenters. The molecule has 0 spiro atoms. The second-order valence-corrected chi connectivity index (χ2v) is 4.93. The van der Waals surface area contributed by atoms with Crippen LogP contribution < -0.4 is 0 Å². The fourth-order valence-corrected chi connectivity index (χ4v) is 1.88. The molecule has 13 heavy (non-hydrogen) atoms. The van der Waals surface area contributed by atoms with E-state index >= 15 is 0 Å². The van der Waals surface area contributed by atoms with E-state index < -0.39 is 0 Å². The average molecular weight is 224 g/mol. The van der Waals surface area contributed by atoms with E-state index in [1.807, 2.05) is 12.1 Å². The number of rotatable bonds is 3. The minimum absolute atomic E-state index is 0.885. The summed E-state index contributed by atoms with van der Waals surface area (Å²) in [6.07, 6.45) is 2.16. The summed E-state index contributed by atoms with van der Waals surface area (Å²) < 4.78 is 0.885. The van der Waals surface area contributed by atoms with Crippen LogP contribution in [-0.4, -0.2) is 24.3 Å². The van der Waals surface area contributed by atoms with Gasteiger partial charge in [0.15, 0.2) is 0 Å². The number of thiocarbonyl (C=S) groups is 1. The first-order valence-corrected chi connectivity index (χ1v) is 7.32. The summed E-state index contributed by atoms with van der Waals surface area (Å²) in [6, 6.07) is 6.06. The van der Waals surface area contributed by atoms with Gasteiger partial charge in [0.1, 0.15) is 0 Å². The summed E-state index contributed by atoms with van der Waals surface area (Å²) in [7, 11) is 1.60. The van der Waals surface area contributed by atoms with Crippen molar-refractivity contribution in [3.63, 3.8) is 0 Å². The molecule has 0 aliphatic heterocycles. The normalized spacial score (nSPS) is 9.92. The first-order valence-electron chi connectivity index (χ1n) is 4.20. The molecule has 0 N–H and O–H groups in total. The van der Waals surface area contributed by atoms with Crippen molar-refractivity contribution in [1.82, 2.24) is 4.98 Å². The van der Waals surface area contributed by atoms with Crippen LogP contribution in [0.2, 0.25) is 0 Å². The summed E-state index contributed by atoms with van der Waals surface area (Å²) in [5.74, 6) is 0. The van der Waals surface area contributed by atoms with Crippen molar-refractivity contribution in [3.8, 4) is 0 Å². The highest BCUT2D eigenvalue weighted by atomic mass is 32.3. The van der Waals surface area contributed by atoms with Crippen molar-refractivity contribution in [3.05, 3.63) is 29.6 Å². The maximum absolute atomic E-state index is 5.17. The van der Waals surface area contributed by atoms with Crippen molar-refractivity contribution in [2.75, 3.05) is 0 Å². The van der Waals surface area contributed by atoms with E-state index in [4.69, 9.17) is 12.2 Å². The van der Waals surface area contributed by atoms with Gasteiger partial charge in [-0.2, -0.15) is 0 Å². The first kappa shape index (κ1) is 11.2. The monoisotopic (exact) mass is 224 g/mol. The summed E-state index contributed by atoms with van der Waals surface area (Å²) >= 11 is 6.97. The van der Waals surface area contributed by atoms with Crippen molar-refractivity contribution in [2.45, 2.75) is 19.8 Å². The van der Waals surface area contributed by atoms with Crippen LogP contribution in [0.15, 0.2) is 18.2 Å². The molecule has 0 fully saturated rings. The lowest BCUT2D eigenvalue weighted by atomic mass is 10.2. The van der Waals surface area contributed by atoms with Crippen LogP contribution in [0, 0.1) is 0 Å². The lowest BCUT2D eigenvalue weighted by molar-refractivity contribution is 0.881. The molecule has 1 nitrogen and oxygen atoms in total. The van der Waals surface area contributed by atoms with Crippen molar-refractivity contribution in [2.24, 2.45) is 0 Å². The highest BCUT2D eigenvalue weighted by molar-refractivity contribution is 8.37.